The Kier molecular flexibility index (Phi) is 11.8. The Morgan fingerprint density at radius 3 is 2.54 bits per heavy atom. The Hall–Kier alpha value is -2.36. The van der Waals surface area contributed by atoms with Crippen LogP contribution in [-0.4, -0.2) is 19.1 Å². The van der Waals surface area contributed by atoms with Gasteiger partial charge in [-0.15, -0.1) is 0 Å². The van der Waals surface area contributed by atoms with Gasteiger partial charge in [0.15, 0.2) is 0 Å². The molecule has 0 unspecified atom stereocenters. The lowest BCUT2D eigenvalue weighted by Crippen LogP contribution is -2.24. The average Bonchev–Trinajstić information content (AvgIpc) is 2.82. The van der Waals surface area contributed by atoms with Crippen molar-refractivity contribution < 1.29 is 13.9 Å². The fourth-order valence-electron chi connectivity index (χ4n) is 4.83. The predicted octanol–water partition coefficient (Wildman–Crippen LogP) is 8.96. The first-order valence-electron chi connectivity index (χ1n) is 13.5. The van der Waals surface area contributed by atoms with E-state index < -0.39 is 0 Å². The topological polar surface area (TPSA) is 38.3 Å². The summed E-state index contributed by atoms with van der Waals surface area (Å²) in [4.78, 5) is 12.6. The maximum absolute atomic E-state index is 15.5. The number of hydrogen-bond acceptors (Lipinski definition) is 2. The van der Waals surface area contributed by atoms with E-state index in [-0.39, 0.29) is 17.1 Å². The Bertz CT molecular complexity index is 939. The molecule has 0 saturated heterocycles. The minimum Gasteiger partial charge on any atom is -0.493 e. The molecule has 1 amide bonds. The highest BCUT2D eigenvalue weighted by Gasteiger charge is 2.26. The molecule has 2 rings (SSSR count). The zero-order chi connectivity index (χ0) is 25.8. The Morgan fingerprint density at radius 1 is 1.14 bits per heavy atom. The zero-order valence-corrected chi connectivity index (χ0v) is 22.9. The average molecular weight is 484 g/mol. The molecular formula is C31H46FNO2. The van der Waals surface area contributed by atoms with E-state index in [9.17, 15) is 4.79 Å². The molecule has 0 fully saturated rings. The number of halogens is 1. The normalized spacial score (nSPS) is 16.4. The summed E-state index contributed by atoms with van der Waals surface area (Å²) in [6.45, 7) is 13.6. The van der Waals surface area contributed by atoms with Crippen molar-refractivity contribution in [3.8, 4) is 5.75 Å². The van der Waals surface area contributed by atoms with Gasteiger partial charge < -0.3 is 10.1 Å². The minimum atomic E-state index is -0.324. The molecule has 0 atom stereocenters. The molecule has 1 aromatic rings. The number of carbonyl (C=O) groups excluding carboxylic acids is 1. The summed E-state index contributed by atoms with van der Waals surface area (Å²) < 4.78 is 21.2. The van der Waals surface area contributed by atoms with Crippen molar-refractivity contribution >= 4 is 11.7 Å². The van der Waals surface area contributed by atoms with Crippen molar-refractivity contribution in [3.63, 3.8) is 0 Å². The van der Waals surface area contributed by atoms with Crippen LogP contribution in [0.3, 0.4) is 0 Å². The Balaban J connectivity index is 2.13. The van der Waals surface area contributed by atoms with E-state index in [4.69, 9.17) is 4.74 Å². The molecule has 1 aliphatic carbocycles. The van der Waals surface area contributed by atoms with Gasteiger partial charge in [-0.2, -0.15) is 0 Å². The Labute approximate surface area is 212 Å². The molecule has 0 aliphatic heterocycles. The molecule has 35 heavy (non-hydrogen) atoms. The van der Waals surface area contributed by atoms with Gasteiger partial charge in [0.05, 0.1) is 12.2 Å². The molecule has 0 saturated carbocycles. The van der Waals surface area contributed by atoms with Gasteiger partial charge in [-0.05, 0) is 81.2 Å². The van der Waals surface area contributed by atoms with E-state index in [1.165, 1.54) is 43.3 Å². The molecule has 4 heteroatoms. The summed E-state index contributed by atoms with van der Waals surface area (Å²) in [5.74, 6) is -0.0667. The summed E-state index contributed by atoms with van der Waals surface area (Å²) >= 11 is 0. The molecule has 0 aromatic heterocycles. The smallest absolute Gasteiger partial charge is 0.251 e. The van der Waals surface area contributed by atoms with Crippen LogP contribution in [0.25, 0.3) is 5.83 Å². The first-order chi connectivity index (χ1) is 16.7. The van der Waals surface area contributed by atoms with Crippen molar-refractivity contribution in [1.82, 2.24) is 5.32 Å². The molecule has 194 valence electrons. The van der Waals surface area contributed by atoms with E-state index in [1.807, 2.05) is 13.0 Å². The van der Waals surface area contributed by atoms with Crippen LogP contribution in [-0.2, 0) is 0 Å². The van der Waals surface area contributed by atoms with E-state index in [1.54, 1.807) is 25.1 Å². The van der Waals surface area contributed by atoms with Crippen LogP contribution in [0, 0.1) is 5.41 Å². The van der Waals surface area contributed by atoms with Gasteiger partial charge in [0.25, 0.3) is 5.91 Å². The highest BCUT2D eigenvalue weighted by Crippen LogP contribution is 2.41. The number of carbonyl (C=O) groups is 1. The van der Waals surface area contributed by atoms with Crippen molar-refractivity contribution in [2.75, 3.05) is 13.2 Å². The highest BCUT2D eigenvalue weighted by molar-refractivity contribution is 5.95. The minimum absolute atomic E-state index is 0.108. The second-order valence-electron chi connectivity index (χ2n) is 10.4. The molecule has 0 radical (unpaired) electrons. The van der Waals surface area contributed by atoms with Crippen molar-refractivity contribution in [3.05, 3.63) is 58.2 Å². The predicted molar refractivity (Wildman–Crippen MR) is 146 cm³/mol. The lowest BCUT2D eigenvalue weighted by molar-refractivity contribution is 0.0952. The van der Waals surface area contributed by atoms with Crippen LogP contribution in [0.1, 0.15) is 115 Å². The van der Waals surface area contributed by atoms with Crippen LogP contribution < -0.4 is 10.1 Å². The fourth-order valence-corrected chi connectivity index (χ4v) is 4.83. The van der Waals surface area contributed by atoms with Gasteiger partial charge in [0.2, 0.25) is 0 Å². The maximum Gasteiger partial charge on any atom is 0.251 e. The third-order valence-electron chi connectivity index (χ3n) is 6.98. The quantitative estimate of drug-likeness (QED) is 0.225. The summed E-state index contributed by atoms with van der Waals surface area (Å²) in [5.41, 5.74) is 4.23. The number of rotatable bonds is 13. The largest absolute Gasteiger partial charge is 0.493 e. The molecule has 0 bridgehead atoms. The van der Waals surface area contributed by atoms with E-state index in [2.05, 4.69) is 39.1 Å². The number of unbranched alkanes of at least 4 members (excludes halogenated alkanes) is 5. The highest BCUT2D eigenvalue weighted by atomic mass is 19.1. The molecular weight excluding hydrogens is 437 g/mol. The van der Waals surface area contributed by atoms with E-state index >= 15 is 4.39 Å². The lowest BCUT2D eigenvalue weighted by Gasteiger charge is -2.33. The third-order valence-corrected chi connectivity index (χ3v) is 6.98. The second-order valence-corrected chi connectivity index (χ2v) is 10.4. The fraction of sp³-hybridized carbons (Fsp3) is 0.581. The lowest BCUT2D eigenvalue weighted by atomic mass is 9.72. The molecule has 1 aliphatic rings. The Morgan fingerprint density at radius 2 is 1.86 bits per heavy atom. The van der Waals surface area contributed by atoms with Crippen LogP contribution in [0.15, 0.2) is 47.1 Å². The van der Waals surface area contributed by atoms with Crippen LogP contribution >= 0.6 is 0 Å². The van der Waals surface area contributed by atoms with Crippen LogP contribution in [0.2, 0.25) is 0 Å². The number of benzene rings is 1. The number of nitrogens with one attached hydrogen (secondary N) is 1. The molecule has 3 nitrogen and oxygen atoms in total. The van der Waals surface area contributed by atoms with Crippen molar-refractivity contribution in [1.29, 1.82) is 0 Å². The summed E-state index contributed by atoms with van der Waals surface area (Å²) in [7, 11) is 0. The van der Waals surface area contributed by atoms with Gasteiger partial charge in [-0.25, -0.2) is 4.39 Å². The van der Waals surface area contributed by atoms with Gasteiger partial charge in [0, 0.05) is 12.1 Å². The zero-order valence-electron chi connectivity index (χ0n) is 22.9. The summed E-state index contributed by atoms with van der Waals surface area (Å²) in [6.07, 6.45) is 14.5. The third kappa shape index (κ3) is 8.66. The SMILES string of the molecule is CCCCCCCCNC(=O)c1ccc(/C(F)=C(C)/C=C/C2=C(C)CCCC2(C)C)c(OCC)c1. The molecule has 0 heterocycles. The van der Waals surface area contributed by atoms with Gasteiger partial charge >= 0.3 is 0 Å². The standard InChI is InChI=1S/C31H46FNO2/c1-7-9-10-11-12-13-21-33-30(34)25-17-18-26(28(22-25)35-8-2)29(32)24(4)16-19-27-23(3)15-14-20-31(27,5)6/h16-19,22H,7-15,20-21H2,1-6H3,(H,33,34)/b19-16+,29-24-. The van der Waals surface area contributed by atoms with Crippen molar-refractivity contribution in [2.45, 2.75) is 99.3 Å². The monoisotopic (exact) mass is 483 g/mol. The summed E-state index contributed by atoms with van der Waals surface area (Å²) in [5, 5.41) is 2.98. The maximum atomic E-state index is 15.5. The molecule has 1 N–H and O–H groups in total. The van der Waals surface area contributed by atoms with Gasteiger partial charge in [-0.3, -0.25) is 4.79 Å². The summed E-state index contributed by atoms with van der Waals surface area (Å²) in [6, 6.07) is 5.00. The van der Waals surface area contributed by atoms with E-state index in [0.717, 1.165) is 25.7 Å². The number of ether oxygens (including phenoxy) is 1. The molecule has 1 aromatic carbocycles. The first kappa shape index (κ1) is 28.9. The van der Waals surface area contributed by atoms with Crippen molar-refractivity contribution in [2.24, 2.45) is 5.41 Å². The van der Waals surface area contributed by atoms with E-state index in [0.29, 0.717) is 35.6 Å². The van der Waals surface area contributed by atoms with Crippen LogP contribution in [0.4, 0.5) is 4.39 Å². The first-order valence-corrected chi connectivity index (χ1v) is 13.5. The number of allylic oxidation sites excluding steroid dienone is 5. The van der Waals surface area contributed by atoms with Gasteiger partial charge in [-0.1, -0.05) is 70.6 Å². The van der Waals surface area contributed by atoms with Gasteiger partial charge in [0.1, 0.15) is 11.6 Å². The number of amides is 1. The number of hydrogen-bond donors (Lipinski definition) is 1. The van der Waals surface area contributed by atoms with Crippen LogP contribution in [0.5, 0.6) is 5.75 Å². The molecule has 0 spiro atoms. The second kappa shape index (κ2) is 14.3.